The van der Waals surface area contributed by atoms with Crippen LogP contribution in [-0.2, 0) is 17.7 Å². The Hall–Kier alpha value is -4.51. The van der Waals surface area contributed by atoms with Crippen LogP contribution in [0.1, 0.15) is 42.5 Å². The average molecular weight is 693 g/mol. The van der Waals surface area contributed by atoms with Crippen LogP contribution in [-0.4, -0.2) is 65.8 Å². The summed E-state index contributed by atoms with van der Waals surface area (Å²) in [6, 6.07) is 30.2. The molecule has 1 saturated heterocycles. The normalized spacial score (nSPS) is 19.7. The summed E-state index contributed by atoms with van der Waals surface area (Å²) in [7, 11) is 1.18. The van der Waals surface area contributed by atoms with Gasteiger partial charge in [0.05, 0.1) is 52.7 Å². The monoisotopic (exact) mass is 692 g/mol. The van der Waals surface area contributed by atoms with E-state index in [0.29, 0.717) is 23.8 Å². The molecular weight excluding hydrogens is 645 g/mol. The minimum absolute atomic E-state index is 0.0312. The van der Waals surface area contributed by atoms with E-state index < -0.39 is 8.07 Å². The molecule has 1 N–H and O–H groups in total. The molecule has 1 unspecified atom stereocenters. The van der Waals surface area contributed by atoms with Crippen molar-refractivity contribution in [3.05, 3.63) is 131 Å². The number of hydrogen-bond donors (Lipinski definition) is 1. The lowest BCUT2D eigenvalue weighted by Crippen LogP contribution is -2.50. The minimum Gasteiger partial charge on any atom is -0.497 e. The maximum absolute atomic E-state index is 12.9. The van der Waals surface area contributed by atoms with E-state index in [4.69, 9.17) is 14.2 Å². The molecule has 2 aromatic heterocycles. The lowest BCUT2D eigenvalue weighted by atomic mass is 9.95. The molecule has 6 rings (SSSR count). The standard InChI is InChI=1S/C40H48N4O5Si/c1-28-36(21-16-29-11-9-14-31(25-29)44-23-10-15-38(48-3)40(44)46)49-37(39(28)50(4,5)33-19-17-32(47-2)18-20-33)22-24-43-26-35(41-42-43)34(27-45)30-12-7-6-8-13-30/h6-15,17-20,23,25-26,28,34,36-37,39,45H,16,21-22,24,27H2,1-5H3/t28-,34?,36+,37-,39+/m0/s1. The van der Waals surface area contributed by atoms with Crippen LogP contribution in [0, 0.1) is 5.92 Å². The second kappa shape index (κ2) is 15.6. The van der Waals surface area contributed by atoms with Crippen LogP contribution in [0.25, 0.3) is 5.69 Å². The summed E-state index contributed by atoms with van der Waals surface area (Å²) in [6.07, 6.45) is 6.39. The largest absolute Gasteiger partial charge is 0.497 e. The van der Waals surface area contributed by atoms with Gasteiger partial charge >= 0.3 is 0 Å². The highest BCUT2D eigenvalue weighted by Crippen LogP contribution is 2.46. The van der Waals surface area contributed by atoms with Crippen molar-refractivity contribution in [2.45, 2.75) is 69.5 Å². The molecule has 1 aliphatic heterocycles. The summed E-state index contributed by atoms with van der Waals surface area (Å²) in [5.41, 5.74) is 3.96. The van der Waals surface area contributed by atoms with Crippen LogP contribution < -0.4 is 20.2 Å². The predicted octanol–water partition coefficient (Wildman–Crippen LogP) is 5.98. The zero-order chi connectivity index (χ0) is 35.3. The van der Waals surface area contributed by atoms with Crippen LogP contribution in [0.5, 0.6) is 11.5 Å². The van der Waals surface area contributed by atoms with E-state index in [1.54, 1.807) is 23.9 Å². The van der Waals surface area contributed by atoms with Gasteiger partial charge in [0, 0.05) is 24.6 Å². The van der Waals surface area contributed by atoms with Gasteiger partial charge in [0.1, 0.15) is 5.75 Å². The third-order valence-electron chi connectivity index (χ3n) is 10.5. The fourth-order valence-corrected chi connectivity index (χ4v) is 11.9. The van der Waals surface area contributed by atoms with Gasteiger partial charge in [-0.25, -0.2) is 0 Å². The van der Waals surface area contributed by atoms with Gasteiger partial charge in [-0.2, -0.15) is 0 Å². The molecule has 50 heavy (non-hydrogen) atoms. The molecule has 1 aliphatic rings. The summed E-state index contributed by atoms with van der Waals surface area (Å²) >= 11 is 0. The SMILES string of the molecule is COc1ccc([Si](C)(C)[C@@H]2[C@@H](C)[C@@H](CCc3cccc(-n4cccc(OC)c4=O)c3)O[C@H]2CCn2cc(C(CO)c3ccccc3)nn2)cc1. The summed E-state index contributed by atoms with van der Waals surface area (Å²) in [5.74, 6) is 1.31. The van der Waals surface area contributed by atoms with Crippen LogP contribution in [0.3, 0.4) is 0 Å². The molecule has 10 heteroatoms. The van der Waals surface area contributed by atoms with E-state index in [0.717, 1.165) is 47.5 Å². The zero-order valence-corrected chi connectivity index (χ0v) is 30.6. The number of aromatic nitrogens is 4. The van der Waals surface area contributed by atoms with Gasteiger partial charge in [0.25, 0.3) is 5.56 Å². The van der Waals surface area contributed by atoms with E-state index >= 15 is 0 Å². The third kappa shape index (κ3) is 7.47. The fourth-order valence-electron chi connectivity index (χ4n) is 7.82. The molecule has 0 radical (unpaired) electrons. The molecule has 0 bridgehead atoms. The van der Waals surface area contributed by atoms with Crippen LogP contribution in [0.4, 0.5) is 0 Å². The predicted molar refractivity (Wildman–Crippen MR) is 199 cm³/mol. The van der Waals surface area contributed by atoms with Crippen LogP contribution in [0.15, 0.2) is 108 Å². The lowest BCUT2D eigenvalue weighted by molar-refractivity contribution is 0.0249. The maximum Gasteiger partial charge on any atom is 0.297 e. The molecule has 0 amide bonds. The van der Waals surface area contributed by atoms with Crippen molar-refractivity contribution in [2.24, 2.45) is 5.92 Å². The number of aryl methyl sites for hydroxylation is 2. The molecule has 5 atom stereocenters. The number of hydrogen-bond acceptors (Lipinski definition) is 7. The first-order valence-electron chi connectivity index (χ1n) is 17.4. The lowest BCUT2D eigenvalue weighted by Gasteiger charge is -2.36. The summed E-state index contributed by atoms with van der Waals surface area (Å²) < 4.78 is 21.3. The molecule has 0 aliphatic carbocycles. The molecule has 3 aromatic carbocycles. The van der Waals surface area contributed by atoms with Crippen molar-refractivity contribution < 1.29 is 19.3 Å². The number of nitrogens with zero attached hydrogens (tertiary/aromatic N) is 4. The Balaban J connectivity index is 1.21. The minimum atomic E-state index is -2.04. The Morgan fingerprint density at radius 1 is 0.920 bits per heavy atom. The van der Waals surface area contributed by atoms with E-state index in [1.165, 1.54) is 12.3 Å². The van der Waals surface area contributed by atoms with Gasteiger partial charge in [-0.15, -0.1) is 5.10 Å². The van der Waals surface area contributed by atoms with Gasteiger partial charge < -0.3 is 19.3 Å². The number of pyridine rings is 1. The molecule has 0 saturated carbocycles. The van der Waals surface area contributed by atoms with Gasteiger partial charge in [0.2, 0.25) is 0 Å². The van der Waals surface area contributed by atoms with Gasteiger partial charge in [-0.1, -0.05) is 85.0 Å². The van der Waals surface area contributed by atoms with E-state index in [9.17, 15) is 9.90 Å². The Bertz CT molecular complexity index is 1910. The molecule has 5 aromatic rings. The highest BCUT2D eigenvalue weighted by Gasteiger charge is 2.50. The first kappa shape index (κ1) is 35.3. The van der Waals surface area contributed by atoms with E-state index in [2.05, 4.69) is 66.7 Å². The zero-order valence-electron chi connectivity index (χ0n) is 29.6. The number of methoxy groups -OCH3 is 2. The Morgan fingerprint density at radius 3 is 2.42 bits per heavy atom. The quantitative estimate of drug-likeness (QED) is 0.143. The van der Waals surface area contributed by atoms with Crippen molar-refractivity contribution in [2.75, 3.05) is 20.8 Å². The van der Waals surface area contributed by atoms with Gasteiger partial charge in [0.15, 0.2) is 5.75 Å². The highest BCUT2D eigenvalue weighted by atomic mass is 28.3. The Morgan fingerprint density at radius 2 is 1.70 bits per heavy atom. The topological polar surface area (TPSA) is 101 Å². The van der Waals surface area contributed by atoms with E-state index in [-0.39, 0.29) is 30.3 Å². The molecule has 3 heterocycles. The van der Waals surface area contributed by atoms with Crippen molar-refractivity contribution in [1.82, 2.24) is 19.6 Å². The smallest absolute Gasteiger partial charge is 0.297 e. The molecule has 0 spiro atoms. The fraction of sp³-hybridized carbons (Fsp3) is 0.375. The number of ether oxygens (including phenoxy) is 3. The maximum atomic E-state index is 12.9. The average Bonchev–Trinajstić information content (AvgIpc) is 3.74. The summed E-state index contributed by atoms with van der Waals surface area (Å²) in [5, 5.41) is 20.5. The molecule has 1 fully saturated rings. The van der Waals surface area contributed by atoms with Crippen LogP contribution in [0.2, 0.25) is 18.6 Å². The molecule has 262 valence electrons. The summed E-state index contributed by atoms with van der Waals surface area (Å²) in [6.45, 7) is 7.92. The Labute approximate surface area is 295 Å². The third-order valence-corrected chi connectivity index (χ3v) is 14.9. The second-order valence-corrected chi connectivity index (χ2v) is 18.5. The second-order valence-electron chi connectivity index (χ2n) is 13.8. The van der Waals surface area contributed by atoms with Crippen molar-refractivity contribution in [1.29, 1.82) is 0 Å². The number of rotatable bonds is 14. The van der Waals surface area contributed by atoms with Gasteiger partial charge in [-0.3, -0.25) is 14.0 Å². The van der Waals surface area contributed by atoms with Crippen molar-refractivity contribution in [3.8, 4) is 17.2 Å². The van der Waals surface area contributed by atoms with E-state index in [1.807, 2.05) is 59.4 Å². The van der Waals surface area contributed by atoms with Crippen LogP contribution >= 0.6 is 0 Å². The molecule has 9 nitrogen and oxygen atoms in total. The van der Waals surface area contributed by atoms with Crippen molar-refractivity contribution in [3.63, 3.8) is 0 Å². The van der Waals surface area contributed by atoms with Gasteiger partial charge in [-0.05, 0) is 78.2 Å². The molecular formula is C40H48N4O5Si. The summed E-state index contributed by atoms with van der Waals surface area (Å²) in [4.78, 5) is 12.9. The first-order valence-corrected chi connectivity index (χ1v) is 20.5. The number of benzene rings is 3. The van der Waals surface area contributed by atoms with Crippen molar-refractivity contribution >= 4 is 13.3 Å². The first-order chi connectivity index (χ1) is 24.2. The number of aliphatic hydroxyl groups is 1. The highest BCUT2D eigenvalue weighted by molar-refractivity contribution is 6.91. The Kier molecular flexibility index (Phi) is 11.0. The number of aliphatic hydroxyl groups excluding tert-OH is 1.